The molecule has 3 heterocycles. The highest BCUT2D eigenvalue weighted by Crippen LogP contribution is 2.43. The molecule has 0 aliphatic heterocycles. The van der Waals surface area contributed by atoms with Crippen LogP contribution in [0.15, 0.2) is 86.6 Å². The Balaban J connectivity index is 1.51. The molecule has 1 atom stereocenters. The lowest BCUT2D eigenvalue weighted by Gasteiger charge is -2.21. The molecule has 0 amide bonds. The van der Waals surface area contributed by atoms with Crippen LogP contribution >= 0.6 is 47.8 Å². The van der Waals surface area contributed by atoms with Gasteiger partial charge in [0.25, 0.3) is 0 Å². The number of fused-ring (bicyclic) bond motifs is 3. The Bertz CT molecular complexity index is 1580. The zero-order chi connectivity index (χ0) is 23.4. The van der Waals surface area contributed by atoms with E-state index in [1.54, 1.807) is 0 Å². The van der Waals surface area contributed by atoms with Crippen LogP contribution in [0.2, 0.25) is 0 Å². The molecule has 6 aromatic rings. The number of aromatic nitrogens is 3. The van der Waals surface area contributed by atoms with E-state index in [2.05, 4.69) is 143 Å². The molecule has 0 aliphatic carbocycles. The smallest absolute Gasteiger partial charge is 0.0457 e. The summed E-state index contributed by atoms with van der Waals surface area (Å²) in [7, 11) is 0. The molecule has 34 heavy (non-hydrogen) atoms. The molecule has 6 rings (SSSR count). The Labute approximate surface area is 222 Å². The average molecular weight is 640 g/mol. The van der Waals surface area contributed by atoms with E-state index in [1.807, 2.05) is 0 Å². The molecule has 0 fully saturated rings. The van der Waals surface area contributed by atoms with E-state index >= 15 is 0 Å². The lowest BCUT2D eigenvalue weighted by atomic mass is 9.81. The van der Waals surface area contributed by atoms with Crippen molar-refractivity contribution in [3.63, 3.8) is 0 Å². The number of benzene rings is 3. The van der Waals surface area contributed by atoms with Crippen molar-refractivity contribution in [1.82, 2.24) is 15.0 Å². The van der Waals surface area contributed by atoms with E-state index in [1.165, 1.54) is 38.4 Å². The van der Waals surface area contributed by atoms with Gasteiger partial charge in [0.15, 0.2) is 0 Å². The Morgan fingerprint density at radius 1 is 0.588 bits per heavy atom. The Morgan fingerprint density at radius 3 is 1.41 bits per heavy atom. The van der Waals surface area contributed by atoms with Gasteiger partial charge in [-0.2, -0.15) is 0 Å². The maximum atomic E-state index is 3.68. The van der Waals surface area contributed by atoms with E-state index in [-0.39, 0.29) is 5.92 Å². The number of aromatic amines is 3. The van der Waals surface area contributed by atoms with Crippen molar-refractivity contribution in [3.8, 4) is 0 Å². The summed E-state index contributed by atoms with van der Waals surface area (Å²) in [6, 6.07) is 19.4. The van der Waals surface area contributed by atoms with Crippen LogP contribution in [-0.4, -0.2) is 15.0 Å². The molecule has 3 nitrogen and oxygen atoms in total. The second-order valence-corrected chi connectivity index (χ2v) is 11.7. The SMILES string of the molecule is CC(CC(c1c[nH]c2ccc(Br)cc12)c1c[nH]c2ccc(Br)cc12)c1c[nH]c2ccc(Br)cc12. The molecular formula is C28H22Br3N3. The third-order valence-corrected chi connectivity index (χ3v) is 8.38. The van der Waals surface area contributed by atoms with Crippen LogP contribution < -0.4 is 0 Å². The van der Waals surface area contributed by atoms with Crippen LogP contribution in [0.3, 0.4) is 0 Å². The maximum Gasteiger partial charge on any atom is 0.0457 e. The van der Waals surface area contributed by atoms with Crippen molar-refractivity contribution in [3.05, 3.63) is 103 Å². The maximum absolute atomic E-state index is 3.68. The minimum absolute atomic E-state index is 0.221. The Morgan fingerprint density at radius 2 is 0.971 bits per heavy atom. The van der Waals surface area contributed by atoms with Gasteiger partial charge in [-0.15, -0.1) is 0 Å². The first-order chi connectivity index (χ1) is 16.5. The number of H-pyrrole nitrogens is 3. The van der Waals surface area contributed by atoms with Crippen molar-refractivity contribution in [2.75, 3.05) is 0 Å². The zero-order valence-corrected chi connectivity index (χ0v) is 23.2. The molecule has 0 radical (unpaired) electrons. The van der Waals surface area contributed by atoms with Gasteiger partial charge in [-0.1, -0.05) is 54.7 Å². The molecular weight excluding hydrogens is 618 g/mol. The molecule has 0 spiro atoms. The third kappa shape index (κ3) is 3.86. The fourth-order valence-corrected chi connectivity index (χ4v) is 6.31. The number of nitrogens with one attached hydrogen (secondary N) is 3. The number of halogens is 3. The molecule has 1 unspecified atom stereocenters. The van der Waals surface area contributed by atoms with E-state index in [9.17, 15) is 0 Å². The number of hydrogen-bond acceptors (Lipinski definition) is 0. The zero-order valence-electron chi connectivity index (χ0n) is 18.4. The molecule has 0 aliphatic rings. The summed E-state index contributed by atoms with van der Waals surface area (Å²) in [5.41, 5.74) is 7.49. The van der Waals surface area contributed by atoms with Gasteiger partial charge in [-0.05, 0) is 83.6 Å². The largest absolute Gasteiger partial charge is 0.361 e. The van der Waals surface area contributed by atoms with E-state index in [0.29, 0.717) is 5.92 Å². The topological polar surface area (TPSA) is 47.4 Å². The van der Waals surface area contributed by atoms with Crippen LogP contribution in [0.4, 0.5) is 0 Å². The fraction of sp³-hybridized carbons (Fsp3) is 0.143. The van der Waals surface area contributed by atoms with Crippen LogP contribution in [0.5, 0.6) is 0 Å². The lowest BCUT2D eigenvalue weighted by molar-refractivity contribution is 0.625. The summed E-state index contributed by atoms with van der Waals surface area (Å²) >= 11 is 11.0. The van der Waals surface area contributed by atoms with E-state index < -0.39 is 0 Å². The highest BCUT2D eigenvalue weighted by Gasteiger charge is 2.25. The molecule has 170 valence electrons. The second-order valence-electron chi connectivity index (χ2n) is 8.99. The Hall–Kier alpha value is -2.28. The number of hydrogen-bond donors (Lipinski definition) is 3. The van der Waals surface area contributed by atoms with Crippen LogP contribution in [-0.2, 0) is 0 Å². The molecule has 3 aromatic heterocycles. The van der Waals surface area contributed by atoms with Crippen molar-refractivity contribution in [1.29, 1.82) is 0 Å². The van der Waals surface area contributed by atoms with Crippen molar-refractivity contribution < 1.29 is 0 Å². The van der Waals surface area contributed by atoms with Crippen LogP contribution in [0, 0.1) is 0 Å². The quantitative estimate of drug-likeness (QED) is 0.168. The highest BCUT2D eigenvalue weighted by molar-refractivity contribution is 9.11. The third-order valence-electron chi connectivity index (χ3n) is 6.90. The molecule has 3 aromatic carbocycles. The Kier molecular flexibility index (Phi) is 5.71. The first-order valence-corrected chi connectivity index (χ1v) is 13.7. The molecule has 6 heteroatoms. The van der Waals surface area contributed by atoms with Crippen molar-refractivity contribution in [2.24, 2.45) is 0 Å². The summed E-state index contributed by atoms with van der Waals surface area (Å²) in [6.45, 7) is 2.34. The molecule has 0 saturated heterocycles. The van der Waals surface area contributed by atoms with E-state index in [4.69, 9.17) is 0 Å². The minimum Gasteiger partial charge on any atom is -0.361 e. The lowest BCUT2D eigenvalue weighted by Crippen LogP contribution is -2.05. The van der Waals surface area contributed by atoms with Gasteiger partial charge in [0.2, 0.25) is 0 Å². The van der Waals surface area contributed by atoms with Gasteiger partial charge >= 0.3 is 0 Å². The minimum atomic E-state index is 0.221. The van der Waals surface area contributed by atoms with Gasteiger partial charge < -0.3 is 15.0 Å². The van der Waals surface area contributed by atoms with Gasteiger partial charge in [-0.25, -0.2) is 0 Å². The van der Waals surface area contributed by atoms with Crippen molar-refractivity contribution >= 4 is 80.5 Å². The predicted octanol–water partition coefficient (Wildman–Crippen LogP) is 9.74. The standard InChI is InChI=1S/C28H22Br3N3/c1-15(23-12-32-26-5-2-16(29)9-20(23)26)8-19(24-13-33-27-6-3-17(30)10-21(24)27)25-14-34-28-7-4-18(31)11-22(25)28/h2-7,9-15,19,32-34H,8H2,1H3. The normalized spacial score (nSPS) is 13.0. The van der Waals surface area contributed by atoms with E-state index in [0.717, 1.165) is 30.9 Å². The predicted molar refractivity (Wildman–Crippen MR) is 153 cm³/mol. The summed E-state index contributed by atoms with van der Waals surface area (Å²) in [4.78, 5) is 10.5. The monoisotopic (exact) mass is 637 g/mol. The fourth-order valence-electron chi connectivity index (χ4n) is 5.23. The average Bonchev–Trinajstić information content (AvgIpc) is 3.53. The van der Waals surface area contributed by atoms with Gasteiger partial charge in [0.1, 0.15) is 0 Å². The van der Waals surface area contributed by atoms with Gasteiger partial charge in [0, 0.05) is 70.6 Å². The van der Waals surface area contributed by atoms with Gasteiger partial charge in [-0.3, -0.25) is 0 Å². The number of rotatable bonds is 5. The summed E-state index contributed by atoms with van der Waals surface area (Å²) < 4.78 is 3.29. The van der Waals surface area contributed by atoms with Crippen LogP contribution in [0.1, 0.15) is 41.9 Å². The summed E-state index contributed by atoms with van der Waals surface area (Å²) in [5, 5.41) is 3.80. The highest BCUT2D eigenvalue weighted by atomic mass is 79.9. The van der Waals surface area contributed by atoms with Crippen molar-refractivity contribution in [2.45, 2.75) is 25.2 Å². The molecule has 0 saturated carbocycles. The summed E-state index contributed by atoms with van der Waals surface area (Å²) in [5.74, 6) is 0.570. The second kappa shape index (κ2) is 8.74. The molecule has 3 N–H and O–H groups in total. The first kappa shape index (κ1) is 22.2. The summed E-state index contributed by atoms with van der Waals surface area (Å²) in [6.07, 6.45) is 7.54. The molecule has 0 bridgehead atoms. The van der Waals surface area contributed by atoms with Crippen LogP contribution in [0.25, 0.3) is 32.7 Å². The first-order valence-electron chi connectivity index (χ1n) is 11.3. The van der Waals surface area contributed by atoms with Gasteiger partial charge in [0.05, 0.1) is 0 Å².